The van der Waals surface area contributed by atoms with E-state index in [0.717, 1.165) is 0 Å². The third-order valence-corrected chi connectivity index (χ3v) is 0.129. The molecule has 0 fully saturated rings. The van der Waals surface area contributed by atoms with Crippen LogP contribution >= 0.6 is 0 Å². The van der Waals surface area contributed by atoms with E-state index in [2.05, 4.69) is 6.58 Å². The molecule has 0 amide bonds. The van der Waals surface area contributed by atoms with Crippen LogP contribution in [0, 0.1) is 0 Å². The molecule has 0 saturated heterocycles. The van der Waals surface area contributed by atoms with Crippen molar-refractivity contribution < 1.29 is 5.11 Å². The van der Waals surface area contributed by atoms with Crippen molar-refractivity contribution in [1.29, 1.82) is 0 Å². The number of rotatable bonds is 1. The molecule has 3 N–H and O–H groups in total. The summed E-state index contributed by atoms with van der Waals surface area (Å²) in [6.45, 7) is 5.72. The Labute approximate surface area is 44.6 Å². The lowest BCUT2D eigenvalue weighted by atomic mass is 10.8. The van der Waals surface area contributed by atoms with E-state index in [-0.39, 0.29) is 6.61 Å². The molecule has 0 radical (unpaired) electrons. The molecule has 2 nitrogen and oxygen atoms in total. The third-order valence-electron chi connectivity index (χ3n) is 0.129. The van der Waals surface area contributed by atoms with E-state index in [1.165, 1.54) is 0 Å². The summed E-state index contributed by atoms with van der Waals surface area (Å²) in [6.07, 6.45) is 1.75. The minimum absolute atomic E-state index is 0.0972. The van der Waals surface area contributed by atoms with Gasteiger partial charge in [-0.2, -0.15) is 0 Å². The van der Waals surface area contributed by atoms with Crippen LogP contribution in [0.5, 0.6) is 0 Å². The quantitative estimate of drug-likeness (QED) is 0.463. The van der Waals surface area contributed by atoms with E-state index < -0.39 is 0 Å². The standard InChI is InChI=1S/C3H6.C2H7NO/c1-3-2;3-1-2-4/h3H,1H2,2H3;4H,1-3H2. The largest absolute Gasteiger partial charge is 0.395 e. The molecular formula is C5H13NO. The fraction of sp³-hybridized carbons (Fsp3) is 0.600. The zero-order valence-corrected chi connectivity index (χ0v) is 4.72. The van der Waals surface area contributed by atoms with Crippen LogP contribution in [0.1, 0.15) is 6.92 Å². The van der Waals surface area contributed by atoms with Crippen LogP contribution in [0.2, 0.25) is 0 Å². The summed E-state index contributed by atoms with van der Waals surface area (Å²) >= 11 is 0. The normalized spacial score (nSPS) is 6.14. The maximum Gasteiger partial charge on any atom is 0.0553 e. The summed E-state index contributed by atoms with van der Waals surface area (Å²) in [6, 6.07) is 0. The van der Waals surface area contributed by atoms with Gasteiger partial charge in [0, 0.05) is 6.54 Å². The zero-order chi connectivity index (χ0) is 6.12. The first-order valence-electron chi connectivity index (χ1n) is 2.21. The zero-order valence-electron chi connectivity index (χ0n) is 4.72. The molecule has 0 bridgehead atoms. The molecule has 0 aromatic rings. The molecular weight excluding hydrogens is 90.1 g/mol. The van der Waals surface area contributed by atoms with Gasteiger partial charge >= 0.3 is 0 Å². The highest BCUT2D eigenvalue weighted by Gasteiger charge is 1.56. The molecule has 0 aliphatic heterocycles. The lowest BCUT2D eigenvalue weighted by molar-refractivity contribution is 0.306. The maximum atomic E-state index is 7.75. The molecule has 0 heterocycles. The van der Waals surface area contributed by atoms with Gasteiger partial charge < -0.3 is 10.8 Å². The molecule has 0 aromatic heterocycles. The summed E-state index contributed by atoms with van der Waals surface area (Å²) < 4.78 is 0. The second-order valence-electron chi connectivity index (χ2n) is 0.921. The van der Waals surface area contributed by atoms with Crippen molar-refractivity contribution in [2.75, 3.05) is 13.2 Å². The molecule has 0 rings (SSSR count). The van der Waals surface area contributed by atoms with Crippen LogP contribution < -0.4 is 5.73 Å². The Balaban J connectivity index is 0. The fourth-order valence-corrected chi connectivity index (χ4v) is 0. The minimum atomic E-state index is 0.0972. The summed E-state index contributed by atoms with van der Waals surface area (Å²) in [4.78, 5) is 0. The van der Waals surface area contributed by atoms with Gasteiger partial charge in [-0.25, -0.2) is 0 Å². The van der Waals surface area contributed by atoms with Crippen LogP contribution in [0.4, 0.5) is 0 Å². The monoisotopic (exact) mass is 103 g/mol. The predicted molar refractivity (Wildman–Crippen MR) is 32.0 cm³/mol. The Kier molecular flexibility index (Phi) is 24.4. The lowest BCUT2D eigenvalue weighted by Gasteiger charge is -1.71. The van der Waals surface area contributed by atoms with Crippen LogP contribution in [0.15, 0.2) is 12.7 Å². The SMILES string of the molecule is C=CC.NCCO. The van der Waals surface area contributed by atoms with Crippen molar-refractivity contribution in [3.05, 3.63) is 12.7 Å². The number of allylic oxidation sites excluding steroid dienone is 1. The van der Waals surface area contributed by atoms with E-state index in [1.54, 1.807) is 6.08 Å². The molecule has 7 heavy (non-hydrogen) atoms. The smallest absolute Gasteiger partial charge is 0.0553 e. The van der Waals surface area contributed by atoms with E-state index in [4.69, 9.17) is 10.8 Å². The first kappa shape index (κ1) is 9.83. The van der Waals surface area contributed by atoms with Crippen molar-refractivity contribution in [3.63, 3.8) is 0 Å². The van der Waals surface area contributed by atoms with Crippen molar-refractivity contribution in [2.24, 2.45) is 5.73 Å². The van der Waals surface area contributed by atoms with Crippen molar-refractivity contribution in [3.8, 4) is 0 Å². The molecule has 0 spiro atoms. The van der Waals surface area contributed by atoms with E-state index in [1.807, 2.05) is 6.92 Å². The van der Waals surface area contributed by atoms with Gasteiger partial charge in [-0.15, -0.1) is 6.58 Å². The topological polar surface area (TPSA) is 46.2 Å². The van der Waals surface area contributed by atoms with Crippen LogP contribution in [-0.4, -0.2) is 18.3 Å². The fourth-order valence-electron chi connectivity index (χ4n) is 0. The molecule has 44 valence electrons. The number of hydrogen-bond donors (Lipinski definition) is 2. The molecule has 0 aliphatic carbocycles. The number of hydrogen-bond acceptors (Lipinski definition) is 2. The van der Waals surface area contributed by atoms with Gasteiger partial charge in [-0.1, -0.05) is 6.08 Å². The van der Waals surface area contributed by atoms with Gasteiger partial charge in [-0.05, 0) is 6.92 Å². The van der Waals surface area contributed by atoms with Crippen LogP contribution in [0.3, 0.4) is 0 Å². The van der Waals surface area contributed by atoms with Crippen LogP contribution in [-0.2, 0) is 0 Å². The first-order chi connectivity index (χ1) is 3.33. The lowest BCUT2D eigenvalue weighted by Crippen LogP contribution is -2.02. The molecule has 0 aromatic carbocycles. The van der Waals surface area contributed by atoms with Gasteiger partial charge in [0.2, 0.25) is 0 Å². The molecule has 0 aliphatic rings. The van der Waals surface area contributed by atoms with Gasteiger partial charge in [-0.3, -0.25) is 0 Å². The highest BCUT2D eigenvalue weighted by Crippen LogP contribution is 1.38. The summed E-state index contributed by atoms with van der Waals surface area (Å²) in [5, 5.41) is 7.75. The third kappa shape index (κ3) is 174. The summed E-state index contributed by atoms with van der Waals surface area (Å²) in [7, 11) is 0. The Bertz CT molecular complexity index is 27.3. The highest BCUT2D eigenvalue weighted by atomic mass is 16.3. The second-order valence-corrected chi connectivity index (χ2v) is 0.921. The van der Waals surface area contributed by atoms with E-state index in [9.17, 15) is 0 Å². The molecule has 0 atom stereocenters. The minimum Gasteiger partial charge on any atom is -0.395 e. The average molecular weight is 103 g/mol. The molecule has 0 unspecified atom stereocenters. The van der Waals surface area contributed by atoms with Crippen molar-refractivity contribution >= 4 is 0 Å². The predicted octanol–water partition coefficient (Wildman–Crippen LogP) is 0.130. The number of aliphatic hydroxyl groups excluding tert-OH is 1. The van der Waals surface area contributed by atoms with Gasteiger partial charge in [0.25, 0.3) is 0 Å². The Hall–Kier alpha value is -0.340. The Morgan fingerprint density at radius 1 is 1.86 bits per heavy atom. The molecule has 2 heteroatoms. The Morgan fingerprint density at radius 2 is 2.00 bits per heavy atom. The first-order valence-corrected chi connectivity index (χ1v) is 2.21. The van der Waals surface area contributed by atoms with Gasteiger partial charge in [0.1, 0.15) is 0 Å². The van der Waals surface area contributed by atoms with Gasteiger partial charge in [0.05, 0.1) is 6.61 Å². The maximum absolute atomic E-state index is 7.75. The van der Waals surface area contributed by atoms with Gasteiger partial charge in [0.15, 0.2) is 0 Å². The van der Waals surface area contributed by atoms with Crippen molar-refractivity contribution in [1.82, 2.24) is 0 Å². The van der Waals surface area contributed by atoms with E-state index in [0.29, 0.717) is 6.54 Å². The second kappa shape index (κ2) is 17.4. The highest BCUT2D eigenvalue weighted by molar-refractivity contribution is 4.51. The average Bonchev–Trinajstić information content (AvgIpc) is 1.69. The van der Waals surface area contributed by atoms with E-state index >= 15 is 0 Å². The summed E-state index contributed by atoms with van der Waals surface area (Å²) in [5.74, 6) is 0. The number of nitrogens with two attached hydrogens (primary N) is 1. The van der Waals surface area contributed by atoms with Crippen LogP contribution in [0.25, 0.3) is 0 Å². The number of aliphatic hydroxyl groups is 1. The van der Waals surface area contributed by atoms with Crippen molar-refractivity contribution in [2.45, 2.75) is 6.92 Å². The Morgan fingerprint density at radius 3 is 2.00 bits per heavy atom. The summed E-state index contributed by atoms with van der Waals surface area (Å²) in [5.41, 5.74) is 4.78. The molecule has 0 saturated carbocycles.